The van der Waals surface area contributed by atoms with Crippen LogP contribution in [0.15, 0.2) is 77.4 Å². The molecule has 0 aliphatic carbocycles. The number of carbonyl (C=O) groups is 7. The second-order valence-electron chi connectivity index (χ2n) is 16.1. The number of nitrogens with two attached hydrogens (primary N) is 1. The molecule has 70 heavy (non-hydrogen) atoms. The number of rotatable bonds is 15. The predicted molar refractivity (Wildman–Crippen MR) is 250 cm³/mol. The molecule has 368 valence electrons. The molecule has 1 fully saturated rings. The molecule has 0 saturated carbocycles. The largest absolute Gasteiger partial charge is 0.543 e. The molecule has 11 N–H and O–H groups in total. The molecule has 6 atom stereocenters. The minimum Gasteiger partial charge on any atom is -0.543 e. The van der Waals surface area contributed by atoms with Crippen molar-refractivity contribution in [3.05, 3.63) is 93.4 Å². The van der Waals surface area contributed by atoms with Crippen molar-refractivity contribution in [1.82, 2.24) is 41.8 Å². The number of carbonyl (C=O) groups excluding carboxylic acids is 7. The van der Waals surface area contributed by atoms with E-state index >= 15 is 0 Å². The van der Waals surface area contributed by atoms with Crippen molar-refractivity contribution in [1.29, 1.82) is 0 Å². The summed E-state index contributed by atoms with van der Waals surface area (Å²) in [6.07, 6.45) is 3.51. The number of likely N-dealkylation sites (N-methyl/N-ethyl adjacent to an activating group) is 1. The number of pyridine rings is 1. The number of anilines is 1. The van der Waals surface area contributed by atoms with Gasteiger partial charge in [0.15, 0.2) is 29.8 Å². The molecule has 1 saturated heterocycles. The number of thiazole rings is 1. The summed E-state index contributed by atoms with van der Waals surface area (Å²) in [5, 5.41) is 64.1. The predicted octanol–water partition coefficient (Wildman–Crippen LogP) is -1.08. The Morgan fingerprint density at radius 2 is 1.80 bits per heavy atom. The highest BCUT2D eigenvalue weighted by Crippen LogP contribution is 2.44. The van der Waals surface area contributed by atoms with Crippen LogP contribution in [0.4, 0.5) is 5.13 Å². The van der Waals surface area contributed by atoms with E-state index in [1.165, 1.54) is 36.9 Å². The van der Waals surface area contributed by atoms with Gasteiger partial charge in [-0.25, -0.2) is 9.55 Å². The Morgan fingerprint density at radius 1 is 1.06 bits per heavy atom. The molecule has 23 nitrogen and oxygen atoms in total. The van der Waals surface area contributed by atoms with Crippen molar-refractivity contribution in [2.24, 2.45) is 5.16 Å². The molecular weight excluding hydrogens is 974 g/mol. The molecule has 7 rings (SSSR count). The number of nitrogens with zero attached hydrogens (tertiary/aromatic N) is 4. The van der Waals surface area contributed by atoms with Crippen LogP contribution in [-0.4, -0.2) is 122 Å². The quantitative estimate of drug-likeness (QED) is 0.0223. The molecule has 6 amide bonds. The Hall–Kier alpha value is -7.48. The number of hydrogen-bond acceptors (Lipinski definition) is 18. The van der Waals surface area contributed by atoms with Crippen LogP contribution < -0.4 is 47.3 Å². The summed E-state index contributed by atoms with van der Waals surface area (Å²) in [5.41, 5.74) is 5.07. The van der Waals surface area contributed by atoms with Crippen molar-refractivity contribution in [2.75, 3.05) is 31.7 Å². The first-order valence-corrected chi connectivity index (χ1v) is 23.6. The minimum absolute atomic E-state index is 0.0151. The minimum atomic E-state index is -1.67. The highest BCUT2D eigenvalue weighted by molar-refractivity contribution is 8.00. The number of oxime groups is 1. The number of aromatic nitrogens is 2. The van der Waals surface area contributed by atoms with Crippen molar-refractivity contribution in [3.8, 4) is 28.4 Å². The van der Waals surface area contributed by atoms with Crippen LogP contribution in [-0.2, 0) is 44.9 Å². The van der Waals surface area contributed by atoms with Gasteiger partial charge in [0.25, 0.3) is 11.8 Å². The van der Waals surface area contributed by atoms with E-state index in [4.69, 9.17) is 22.2 Å². The van der Waals surface area contributed by atoms with Gasteiger partial charge in [0.05, 0.1) is 17.7 Å². The first kappa shape index (κ1) is 50.4. The zero-order valence-corrected chi connectivity index (χ0v) is 39.7. The van der Waals surface area contributed by atoms with E-state index < -0.39 is 100.0 Å². The maximum Gasteiger partial charge on any atom is 0.276 e. The van der Waals surface area contributed by atoms with Crippen molar-refractivity contribution < 1.29 is 63.4 Å². The number of phenols is 3. The number of fused-ring (bicyclic) bond motifs is 5. The molecule has 0 unspecified atom stereocenters. The van der Waals surface area contributed by atoms with Crippen LogP contribution in [0, 0.1) is 0 Å². The third-order valence-electron chi connectivity index (χ3n) is 11.3. The van der Waals surface area contributed by atoms with Gasteiger partial charge in [0.2, 0.25) is 23.6 Å². The van der Waals surface area contributed by atoms with Gasteiger partial charge >= 0.3 is 0 Å². The third kappa shape index (κ3) is 10.7. The van der Waals surface area contributed by atoms with E-state index in [1.54, 1.807) is 49.1 Å². The number of nitrogen functional groups attached to an aromatic ring is 1. The Bertz CT molecular complexity index is 2830. The maximum atomic E-state index is 14.0. The van der Waals surface area contributed by atoms with E-state index in [0.717, 1.165) is 28.4 Å². The van der Waals surface area contributed by atoms with Gasteiger partial charge in [0, 0.05) is 53.6 Å². The van der Waals surface area contributed by atoms with Gasteiger partial charge < -0.3 is 67.7 Å². The number of aromatic hydroxyl groups is 3. The van der Waals surface area contributed by atoms with Crippen LogP contribution in [0.2, 0.25) is 4.34 Å². The van der Waals surface area contributed by atoms with Crippen molar-refractivity contribution >= 4 is 87.0 Å². The number of nitrogens with one attached hydrogen (secondary N) is 6. The van der Waals surface area contributed by atoms with Gasteiger partial charge in [-0.05, 0) is 50.2 Å². The standard InChI is InChI=1S/C44H46ClN11O12S2/c1-19(47-3)36(60)50-29-21-8-9-26(58)24(14-21)28-25(15-23(57)16-27(28)59)30(51-37(61)20(2)49-39(29)63)38(62)48-10-7-13-68-54-32(31-35(45)70-44(46)53-31)40(64)52-33-41(65)56-34(43(66)67)22(18-69-42(33)56)17-55-11-5-4-6-12-55/h4-6,8-9,11-12,14-16,19-20,29-30,33,42,47H,7,10,13,17-18H2,1-3H3,(H10-,46,48,49,50,51,52,53,54,57,58,59,60,61,62,63,64,66,67)/t19-,20+,29-,30+,33-,42-/m1/s1. The monoisotopic (exact) mass is 1020 g/mol. The molecule has 2 aromatic carbocycles. The summed E-state index contributed by atoms with van der Waals surface area (Å²) in [6.45, 7) is 2.68. The average molecular weight is 1020 g/mol. The third-order valence-corrected chi connectivity index (χ3v) is 13.8. The van der Waals surface area contributed by atoms with Crippen molar-refractivity contribution in [2.45, 2.75) is 62.4 Å². The van der Waals surface area contributed by atoms with Gasteiger partial charge in [0.1, 0.15) is 63.4 Å². The Labute approximate surface area is 411 Å². The lowest BCUT2D eigenvalue weighted by atomic mass is 9.89. The van der Waals surface area contributed by atoms with E-state index in [9.17, 15) is 54.0 Å². The molecular formula is C44H46ClN11O12S2. The van der Waals surface area contributed by atoms with E-state index in [-0.39, 0.29) is 75.0 Å². The summed E-state index contributed by atoms with van der Waals surface area (Å²) in [4.78, 5) is 105. The SMILES string of the molecule is CN[C@H](C)C(=O)N[C@H]1C(=O)N[C@@H](C)C(=O)N[C@H](C(=O)NCCCO/N=C(\C(=O)N[C@@H]2C(=O)N3C(C(=O)[O-])=C(C[n+]4ccccc4)CS[C@H]23)c2nc(N)sc2Cl)c2cc(O)cc(O)c2-c2cc1ccc2O. The highest BCUT2D eigenvalue weighted by Gasteiger charge is 2.53. The smallest absolute Gasteiger partial charge is 0.276 e. The number of amides is 6. The van der Waals surface area contributed by atoms with Crippen LogP contribution in [0.3, 0.4) is 0 Å². The summed E-state index contributed by atoms with van der Waals surface area (Å²) in [7, 11) is 1.54. The number of halogens is 1. The molecule has 0 radical (unpaired) electrons. The summed E-state index contributed by atoms with van der Waals surface area (Å²) in [6, 6.07) is 5.06. The lowest BCUT2D eigenvalue weighted by Crippen LogP contribution is -2.71. The van der Waals surface area contributed by atoms with Crippen LogP contribution in [0.1, 0.15) is 49.2 Å². The highest BCUT2D eigenvalue weighted by atomic mass is 35.5. The summed E-state index contributed by atoms with van der Waals surface area (Å²) in [5.74, 6) is -7.63. The fourth-order valence-corrected chi connectivity index (χ4v) is 9.94. The van der Waals surface area contributed by atoms with E-state index in [0.29, 0.717) is 5.57 Å². The number of aliphatic carboxylic acids is 1. The molecule has 3 aliphatic heterocycles. The molecule has 4 aromatic rings. The molecule has 2 bridgehead atoms. The number of carboxylic acid groups (broad SMARTS) is 1. The Morgan fingerprint density at radius 3 is 2.49 bits per heavy atom. The van der Waals surface area contributed by atoms with Gasteiger partial charge in [-0.3, -0.25) is 33.7 Å². The summed E-state index contributed by atoms with van der Waals surface area (Å²) >= 11 is 8.45. The van der Waals surface area contributed by atoms with Gasteiger partial charge in [-0.2, -0.15) is 0 Å². The van der Waals surface area contributed by atoms with Gasteiger partial charge in [-0.15, -0.1) is 11.8 Å². The second kappa shape index (κ2) is 21.4. The number of hydrogen-bond donors (Lipinski definition) is 10. The number of carboxylic acids is 1. The maximum absolute atomic E-state index is 14.0. The topological polar surface area (TPSA) is 343 Å². The molecule has 3 aliphatic rings. The van der Waals surface area contributed by atoms with E-state index in [1.807, 2.05) is 0 Å². The Kier molecular flexibility index (Phi) is 15.4. The lowest BCUT2D eigenvalue weighted by molar-refractivity contribution is -0.689. The first-order valence-electron chi connectivity index (χ1n) is 21.4. The average Bonchev–Trinajstić information content (AvgIpc) is 3.66. The molecule has 2 aromatic heterocycles. The number of benzene rings is 2. The van der Waals surface area contributed by atoms with Crippen LogP contribution in [0.25, 0.3) is 11.1 Å². The second-order valence-corrected chi connectivity index (χ2v) is 18.8. The fraction of sp³-hybridized carbons (Fsp3) is 0.318. The number of β-lactam (4-membered cyclic amide) rings is 1. The molecule has 26 heteroatoms. The fourth-order valence-electron chi connectivity index (χ4n) is 7.68. The van der Waals surface area contributed by atoms with Crippen molar-refractivity contribution in [3.63, 3.8) is 0 Å². The Balaban J connectivity index is 1.06. The zero-order valence-electron chi connectivity index (χ0n) is 37.3. The van der Waals surface area contributed by atoms with E-state index in [2.05, 4.69) is 42.0 Å². The van der Waals surface area contributed by atoms with Crippen LogP contribution in [0.5, 0.6) is 17.2 Å². The first-order chi connectivity index (χ1) is 33.4. The number of phenolic OH excluding ortho intramolecular Hbond substituents is 3. The molecule has 0 spiro atoms. The summed E-state index contributed by atoms with van der Waals surface area (Å²) < 4.78 is 1.72. The van der Waals surface area contributed by atoms with Gasteiger partial charge in [-0.1, -0.05) is 40.2 Å². The number of thioether (sulfide) groups is 1. The normalized spacial score (nSPS) is 20.5. The molecule has 5 heterocycles. The lowest BCUT2D eigenvalue weighted by Gasteiger charge is -2.50. The van der Waals surface area contributed by atoms with Crippen LogP contribution >= 0.6 is 34.7 Å². The zero-order chi connectivity index (χ0) is 50.6.